The maximum Gasteiger partial charge on any atom is 0.410 e. The van der Waals surface area contributed by atoms with Gasteiger partial charge in [-0.25, -0.2) is 4.79 Å². The Kier molecular flexibility index (Phi) is 21.3. The third kappa shape index (κ3) is 19.5. The largest absolute Gasteiger partial charge is 0.444 e. The normalized spacial score (nSPS) is 16.5. The van der Waals surface area contributed by atoms with Crippen LogP contribution in [-0.4, -0.2) is 66.7 Å². The Hall–Kier alpha value is -4.95. The maximum absolute atomic E-state index is 13.2. The smallest absolute Gasteiger partial charge is 0.410 e. The molecule has 2 heterocycles. The van der Waals surface area contributed by atoms with Crippen molar-refractivity contribution in [3.8, 4) is 0 Å². The van der Waals surface area contributed by atoms with Gasteiger partial charge >= 0.3 is 6.09 Å². The van der Waals surface area contributed by atoms with Gasteiger partial charge in [0.25, 0.3) is 0 Å². The standard InChI is InChI=1S/C30H42N2O3.C25H34N2O/c1-30(2,3)35-29(34)32-22-12-19-26(23-32)28(33)31-27(20-10-17-24-13-6-4-7-14-24)21-11-18-25-15-8-5-9-16-25;28-25(23-16-9-19-26-20-23)27-24(17-7-14-21-10-3-1-4-11-21)18-8-15-22-12-5-2-6-13-22/h4-9,13-16,26-27H,10-12,17-23H2,1-3H3,(H,31,33);1-6,10-13,23-24,26H,7-9,14-20H2,(H,27,28). The Balaban J connectivity index is 0.000000243. The van der Waals surface area contributed by atoms with Crippen molar-refractivity contribution in [1.29, 1.82) is 0 Å². The molecule has 8 nitrogen and oxygen atoms in total. The van der Waals surface area contributed by atoms with Gasteiger partial charge in [-0.3, -0.25) is 9.59 Å². The molecule has 0 aliphatic carbocycles. The lowest BCUT2D eigenvalue weighted by Crippen LogP contribution is -2.48. The Morgan fingerprint density at radius 3 is 1.33 bits per heavy atom. The van der Waals surface area contributed by atoms with Crippen molar-refractivity contribution in [2.75, 3.05) is 26.2 Å². The molecular weight excluding hydrogens is 781 g/mol. The molecule has 2 unspecified atom stereocenters. The lowest BCUT2D eigenvalue weighted by molar-refractivity contribution is -0.127. The number of ether oxygens (including phenoxy) is 1. The minimum absolute atomic E-state index is 0.0719. The Bertz CT molecular complexity index is 1770. The second-order valence-corrected chi connectivity index (χ2v) is 18.7. The molecule has 0 saturated carbocycles. The molecule has 2 saturated heterocycles. The summed E-state index contributed by atoms with van der Waals surface area (Å²) in [7, 11) is 0. The molecule has 0 aromatic heterocycles. The fourth-order valence-electron chi connectivity index (χ4n) is 8.76. The van der Waals surface area contributed by atoms with Crippen LogP contribution in [0.5, 0.6) is 0 Å². The number of carbonyl (C=O) groups is 3. The van der Waals surface area contributed by atoms with E-state index in [1.807, 2.05) is 32.9 Å². The molecule has 6 rings (SSSR count). The number of nitrogens with zero attached hydrogens (tertiary/aromatic N) is 1. The van der Waals surface area contributed by atoms with Crippen LogP contribution in [0.25, 0.3) is 0 Å². The van der Waals surface area contributed by atoms with Crippen LogP contribution in [0.2, 0.25) is 0 Å². The summed E-state index contributed by atoms with van der Waals surface area (Å²) in [4.78, 5) is 40.2. The number of benzene rings is 4. The molecule has 3 amide bonds. The highest BCUT2D eigenvalue weighted by molar-refractivity contribution is 5.80. The third-order valence-corrected chi connectivity index (χ3v) is 12.2. The minimum atomic E-state index is -0.533. The summed E-state index contributed by atoms with van der Waals surface area (Å²) in [5.74, 6) is 0.279. The summed E-state index contributed by atoms with van der Waals surface area (Å²) in [6.07, 6.45) is 15.9. The molecule has 2 aliphatic heterocycles. The number of likely N-dealkylation sites (tertiary alicyclic amines) is 1. The summed E-state index contributed by atoms with van der Waals surface area (Å²) in [6.45, 7) is 8.56. The number of amides is 3. The van der Waals surface area contributed by atoms with Crippen LogP contribution in [0.4, 0.5) is 4.79 Å². The summed E-state index contributed by atoms with van der Waals surface area (Å²) in [6, 6.07) is 42.8. The van der Waals surface area contributed by atoms with Gasteiger partial charge in [-0.2, -0.15) is 0 Å². The van der Waals surface area contributed by atoms with Crippen LogP contribution in [0.3, 0.4) is 0 Å². The molecule has 4 aromatic rings. The SMILES string of the molecule is CC(C)(C)OC(=O)N1CCCC(C(=O)NC(CCCc2ccccc2)CCCc2ccccc2)C1.O=C(NC(CCCc1ccccc1)CCCc1ccccc1)C1CCCNC1. The highest BCUT2D eigenvalue weighted by Gasteiger charge is 2.32. The van der Waals surface area contributed by atoms with Crippen molar-refractivity contribution in [2.24, 2.45) is 11.8 Å². The van der Waals surface area contributed by atoms with Crippen LogP contribution in [-0.2, 0) is 40.0 Å². The summed E-state index contributed by atoms with van der Waals surface area (Å²) < 4.78 is 5.53. The van der Waals surface area contributed by atoms with Crippen molar-refractivity contribution < 1.29 is 19.1 Å². The highest BCUT2D eigenvalue weighted by Crippen LogP contribution is 2.22. The van der Waals surface area contributed by atoms with Gasteiger partial charge in [-0.1, -0.05) is 121 Å². The van der Waals surface area contributed by atoms with Crippen LogP contribution in [0, 0.1) is 11.8 Å². The van der Waals surface area contributed by atoms with E-state index in [4.69, 9.17) is 4.74 Å². The monoisotopic (exact) mass is 857 g/mol. The van der Waals surface area contributed by atoms with E-state index in [1.54, 1.807) is 4.90 Å². The molecule has 0 radical (unpaired) electrons. The fourth-order valence-corrected chi connectivity index (χ4v) is 8.76. The number of carbonyl (C=O) groups excluding carboxylic acids is 3. The van der Waals surface area contributed by atoms with Gasteiger partial charge in [-0.15, -0.1) is 0 Å². The Labute approximate surface area is 379 Å². The second kappa shape index (κ2) is 27.3. The number of rotatable bonds is 20. The van der Waals surface area contributed by atoms with E-state index >= 15 is 0 Å². The van der Waals surface area contributed by atoms with Crippen molar-refractivity contribution >= 4 is 17.9 Å². The molecule has 340 valence electrons. The molecule has 4 aromatic carbocycles. The van der Waals surface area contributed by atoms with Gasteiger partial charge in [0.1, 0.15) is 5.60 Å². The topological polar surface area (TPSA) is 99.8 Å². The fraction of sp³-hybridized carbons (Fsp3) is 0.509. The second-order valence-electron chi connectivity index (χ2n) is 18.7. The number of hydrogen-bond acceptors (Lipinski definition) is 5. The first-order chi connectivity index (χ1) is 30.6. The third-order valence-electron chi connectivity index (χ3n) is 12.2. The molecule has 3 N–H and O–H groups in total. The van der Waals surface area contributed by atoms with E-state index in [-0.39, 0.29) is 41.8 Å². The van der Waals surface area contributed by atoms with Crippen molar-refractivity contribution in [1.82, 2.24) is 20.9 Å². The summed E-state index contributed by atoms with van der Waals surface area (Å²) in [5, 5.41) is 10.1. The van der Waals surface area contributed by atoms with Crippen molar-refractivity contribution in [3.63, 3.8) is 0 Å². The van der Waals surface area contributed by atoms with E-state index < -0.39 is 5.60 Å². The molecule has 8 heteroatoms. The number of nitrogens with one attached hydrogen (secondary N) is 3. The van der Waals surface area contributed by atoms with Crippen LogP contribution in [0.15, 0.2) is 121 Å². The van der Waals surface area contributed by atoms with Crippen molar-refractivity contribution in [2.45, 2.75) is 141 Å². The predicted octanol–water partition coefficient (Wildman–Crippen LogP) is 10.7. The summed E-state index contributed by atoms with van der Waals surface area (Å²) in [5.41, 5.74) is 4.90. The lowest BCUT2D eigenvalue weighted by Gasteiger charge is -2.34. The molecule has 0 bridgehead atoms. The number of piperidine rings is 2. The van der Waals surface area contributed by atoms with Crippen molar-refractivity contribution in [3.05, 3.63) is 144 Å². The van der Waals surface area contributed by atoms with E-state index in [0.717, 1.165) is 116 Å². The van der Waals surface area contributed by atoms with Gasteiger partial charge in [0, 0.05) is 31.7 Å². The Morgan fingerprint density at radius 1 is 0.587 bits per heavy atom. The quantitative estimate of drug-likeness (QED) is 0.0822. The first-order valence-corrected chi connectivity index (χ1v) is 24.1. The zero-order chi connectivity index (χ0) is 44.5. The lowest BCUT2D eigenvalue weighted by atomic mass is 9.95. The maximum atomic E-state index is 13.2. The molecule has 2 aliphatic rings. The first kappa shape index (κ1) is 49.1. The van der Waals surface area contributed by atoms with Gasteiger partial charge in [-0.05, 0) is 152 Å². The molecular formula is C55H76N4O4. The van der Waals surface area contributed by atoms with Gasteiger partial charge in [0.05, 0.1) is 11.8 Å². The first-order valence-electron chi connectivity index (χ1n) is 24.1. The summed E-state index contributed by atoms with van der Waals surface area (Å²) >= 11 is 0. The van der Waals surface area contributed by atoms with E-state index in [1.165, 1.54) is 22.3 Å². The highest BCUT2D eigenvalue weighted by atomic mass is 16.6. The van der Waals surface area contributed by atoms with E-state index in [2.05, 4.69) is 125 Å². The Morgan fingerprint density at radius 2 is 0.968 bits per heavy atom. The average Bonchev–Trinajstić information content (AvgIpc) is 3.30. The molecule has 63 heavy (non-hydrogen) atoms. The zero-order valence-electron chi connectivity index (χ0n) is 38.6. The van der Waals surface area contributed by atoms with Gasteiger partial charge in [0.2, 0.25) is 11.8 Å². The van der Waals surface area contributed by atoms with Gasteiger partial charge < -0.3 is 25.6 Å². The molecule has 2 atom stereocenters. The van der Waals surface area contributed by atoms with Crippen LogP contribution in [0.1, 0.15) is 120 Å². The number of hydrogen-bond donors (Lipinski definition) is 3. The van der Waals surface area contributed by atoms with Crippen LogP contribution >= 0.6 is 0 Å². The van der Waals surface area contributed by atoms with E-state index in [9.17, 15) is 14.4 Å². The molecule has 2 fully saturated rings. The average molecular weight is 857 g/mol. The predicted molar refractivity (Wildman–Crippen MR) is 258 cm³/mol. The zero-order valence-corrected chi connectivity index (χ0v) is 38.6. The van der Waals surface area contributed by atoms with E-state index in [0.29, 0.717) is 13.1 Å². The van der Waals surface area contributed by atoms with Crippen LogP contribution < -0.4 is 16.0 Å². The van der Waals surface area contributed by atoms with Gasteiger partial charge in [0.15, 0.2) is 0 Å². The minimum Gasteiger partial charge on any atom is -0.444 e. The molecule has 0 spiro atoms. The number of aryl methyl sites for hydroxylation is 4.